The summed E-state index contributed by atoms with van der Waals surface area (Å²) in [6.45, 7) is 21.6. The molecule has 0 N–H and O–H groups in total. The van der Waals surface area contributed by atoms with E-state index in [1.54, 1.807) is 0 Å². The smallest absolute Gasteiger partial charge is 0.275 e. The largest absolute Gasteiger partial charge is 0.307 e. The van der Waals surface area contributed by atoms with Crippen LogP contribution in [0.4, 0.5) is 0 Å². The monoisotopic (exact) mass is 261 g/mol. The molecular weight excluding hydrogens is 230 g/mol. The SMILES string of the molecule is [CH2][N+](CC)(O[Si](C)(C)C(C)(C)C)[Si](C)(C)C. The predicted octanol–water partition coefficient (Wildman–Crippen LogP) is 4.39. The first-order chi connectivity index (χ1) is 6.77. The second kappa shape index (κ2) is 4.55. The highest BCUT2D eigenvalue weighted by Gasteiger charge is 2.50. The van der Waals surface area contributed by atoms with E-state index >= 15 is 0 Å². The zero-order valence-corrected chi connectivity index (χ0v) is 14.8. The molecule has 0 fully saturated rings. The molecule has 0 aliphatic rings. The topological polar surface area (TPSA) is 9.23 Å². The Kier molecular flexibility index (Phi) is 4.66. The van der Waals surface area contributed by atoms with Crippen molar-refractivity contribution in [1.29, 1.82) is 0 Å². The van der Waals surface area contributed by atoms with E-state index in [-0.39, 0.29) is 5.04 Å². The van der Waals surface area contributed by atoms with E-state index in [4.69, 9.17) is 4.53 Å². The third-order valence-electron chi connectivity index (χ3n) is 3.94. The summed E-state index contributed by atoms with van der Waals surface area (Å²) in [5.41, 5.74) is 0. The van der Waals surface area contributed by atoms with Crippen molar-refractivity contribution in [2.75, 3.05) is 6.54 Å². The molecule has 0 saturated heterocycles. The maximum atomic E-state index is 6.53. The Bertz CT molecular complexity index is 240. The molecule has 0 spiro atoms. The molecule has 4 heteroatoms. The first-order valence-electron chi connectivity index (χ1n) is 6.20. The van der Waals surface area contributed by atoms with Gasteiger partial charge in [-0.15, -0.1) is 0 Å². The average Bonchev–Trinajstić information content (AvgIpc) is 1.99. The fraction of sp³-hybridized carbons (Fsp3) is 0.917. The van der Waals surface area contributed by atoms with Crippen LogP contribution in [0.1, 0.15) is 27.7 Å². The molecule has 1 unspecified atom stereocenters. The lowest BCUT2D eigenvalue weighted by molar-refractivity contribution is -0.968. The van der Waals surface area contributed by atoms with Gasteiger partial charge in [-0.3, -0.25) is 4.53 Å². The van der Waals surface area contributed by atoms with Gasteiger partial charge in [0.05, 0.1) is 6.54 Å². The molecule has 2 nitrogen and oxygen atoms in total. The van der Waals surface area contributed by atoms with Crippen LogP contribution in [-0.4, -0.2) is 27.4 Å². The minimum absolute atomic E-state index is 0.253. The molecule has 1 atom stereocenters. The summed E-state index contributed by atoms with van der Waals surface area (Å²) >= 11 is 0. The lowest BCUT2D eigenvalue weighted by atomic mass is 10.2. The minimum Gasteiger partial charge on any atom is -0.275 e. The van der Waals surface area contributed by atoms with Crippen LogP contribution in [0.15, 0.2) is 0 Å². The predicted molar refractivity (Wildman–Crippen MR) is 77.8 cm³/mol. The van der Waals surface area contributed by atoms with Gasteiger partial charge < -0.3 is 0 Å². The maximum Gasteiger partial charge on any atom is 0.307 e. The zero-order valence-electron chi connectivity index (χ0n) is 12.8. The number of quaternary nitrogens is 1. The molecule has 0 aromatic carbocycles. The Balaban J connectivity index is 5.08. The number of nitrogens with zero attached hydrogens (tertiary/aromatic N) is 1. The Morgan fingerprint density at radius 2 is 1.44 bits per heavy atom. The van der Waals surface area contributed by atoms with Gasteiger partial charge in [0, 0.05) is 0 Å². The third kappa shape index (κ3) is 3.42. The Labute approximate surface area is 105 Å². The van der Waals surface area contributed by atoms with Crippen molar-refractivity contribution >= 4 is 16.6 Å². The summed E-state index contributed by atoms with van der Waals surface area (Å²) in [4.78, 5) is 0. The summed E-state index contributed by atoms with van der Waals surface area (Å²) in [6, 6.07) is 0. The Morgan fingerprint density at radius 3 is 1.62 bits per heavy atom. The summed E-state index contributed by atoms with van der Waals surface area (Å²) in [5, 5.41) is 0.253. The van der Waals surface area contributed by atoms with Crippen molar-refractivity contribution in [1.82, 2.24) is 0 Å². The maximum absolute atomic E-state index is 6.53. The molecular formula is C12H31NOSi2+. The van der Waals surface area contributed by atoms with Crippen molar-refractivity contribution in [3.8, 4) is 0 Å². The van der Waals surface area contributed by atoms with E-state index in [1.807, 2.05) is 0 Å². The summed E-state index contributed by atoms with van der Waals surface area (Å²) < 4.78 is 7.12. The van der Waals surface area contributed by atoms with E-state index in [0.717, 1.165) is 6.54 Å². The molecule has 0 saturated carbocycles. The highest BCUT2D eigenvalue weighted by Crippen LogP contribution is 2.39. The van der Waals surface area contributed by atoms with Crippen LogP contribution < -0.4 is 0 Å². The van der Waals surface area contributed by atoms with Crippen molar-refractivity contribution in [3.63, 3.8) is 0 Å². The average molecular weight is 262 g/mol. The Hall–Kier alpha value is 0.354. The highest BCUT2D eigenvalue weighted by molar-refractivity contribution is 6.75. The van der Waals surface area contributed by atoms with Crippen molar-refractivity contribution < 1.29 is 8.84 Å². The lowest BCUT2D eigenvalue weighted by Gasteiger charge is -2.48. The van der Waals surface area contributed by atoms with E-state index in [2.05, 4.69) is 67.5 Å². The number of hydrogen-bond donors (Lipinski definition) is 0. The van der Waals surface area contributed by atoms with Gasteiger partial charge in [-0.25, -0.2) is 4.31 Å². The standard InChI is InChI=1S/C12H31NOSi2/c1-11-13(5,15(6,7)8)14-16(9,10)12(2,3)4/h5,11H2,1-4,6-10H3/q+1. The number of hydroxylamine groups is 2. The van der Waals surface area contributed by atoms with Gasteiger partial charge in [-0.1, -0.05) is 20.8 Å². The molecule has 0 aliphatic heterocycles. The Morgan fingerprint density at radius 1 is 1.06 bits per heavy atom. The van der Waals surface area contributed by atoms with Gasteiger partial charge in [0.1, 0.15) is 7.05 Å². The number of rotatable bonds is 4. The molecule has 16 heavy (non-hydrogen) atoms. The minimum atomic E-state index is -1.73. The van der Waals surface area contributed by atoms with Crippen LogP contribution in [-0.2, 0) is 4.53 Å². The van der Waals surface area contributed by atoms with Gasteiger partial charge in [-0.05, 0) is 44.7 Å². The summed E-state index contributed by atoms with van der Waals surface area (Å²) in [6.07, 6.45) is 0. The summed E-state index contributed by atoms with van der Waals surface area (Å²) in [5.74, 6) is 0. The molecule has 0 aromatic rings. The molecule has 1 radical (unpaired) electrons. The van der Waals surface area contributed by atoms with Crippen LogP contribution >= 0.6 is 0 Å². The van der Waals surface area contributed by atoms with Gasteiger partial charge >= 0.3 is 8.24 Å². The fourth-order valence-electron chi connectivity index (χ4n) is 1.25. The lowest BCUT2D eigenvalue weighted by Crippen LogP contribution is -2.64. The van der Waals surface area contributed by atoms with E-state index in [1.165, 1.54) is 0 Å². The molecule has 0 aromatic heterocycles. The van der Waals surface area contributed by atoms with Crippen molar-refractivity contribution in [2.24, 2.45) is 0 Å². The van der Waals surface area contributed by atoms with E-state index in [9.17, 15) is 0 Å². The van der Waals surface area contributed by atoms with Crippen LogP contribution in [0.5, 0.6) is 0 Å². The first kappa shape index (κ1) is 16.4. The molecule has 0 bridgehead atoms. The molecule has 0 aliphatic carbocycles. The first-order valence-corrected chi connectivity index (χ1v) is 12.6. The van der Waals surface area contributed by atoms with E-state index < -0.39 is 16.6 Å². The second-order valence-corrected chi connectivity index (χ2v) is 17.1. The van der Waals surface area contributed by atoms with Gasteiger partial charge in [-0.2, -0.15) is 0 Å². The van der Waals surface area contributed by atoms with Crippen LogP contribution in [0.2, 0.25) is 37.8 Å². The second-order valence-electron chi connectivity index (χ2n) is 7.23. The molecule has 0 rings (SSSR count). The van der Waals surface area contributed by atoms with Crippen molar-refractivity contribution in [2.45, 2.75) is 65.5 Å². The molecule has 97 valence electrons. The van der Waals surface area contributed by atoms with Gasteiger partial charge in [0.2, 0.25) is 0 Å². The normalized spacial score (nSPS) is 18.4. The van der Waals surface area contributed by atoms with Gasteiger partial charge in [0.25, 0.3) is 8.32 Å². The summed E-state index contributed by atoms with van der Waals surface area (Å²) in [7, 11) is 1.18. The molecule has 0 heterocycles. The molecule has 0 amide bonds. The number of hydrogen-bond acceptors (Lipinski definition) is 1. The van der Waals surface area contributed by atoms with Gasteiger partial charge in [0.15, 0.2) is 0 Å². The van der Waals surface area contributed by atoms with Crippen LogP contribution in [0, 0.1) is 7.05 Å². The quantitative estimate of drug-likeness (QED) is 0.539. The third-order valence-corrected chi connectivity index (χ3v) is 11.4. The fourth-order valence-corrected chi connectivity index (χ4v) is 5.26. The van der Waals surface area contributed by atoms with E-state index in [0.29, 0.717) is 4.31 Å². The van der Waals surface area contributed by atoms with Crippen LogP contribution in [0.25, 0.3) is 0 Å². The van der Waals surface area contributed by atoms with Crippen LogP contribution in [0.3, 0.4) is 0 Å². The highest BCUT2D eigenvalue weighted by atomic mass is 28.4. The zero-order chi connectivity index (χ0) is 13.4. The van der Waals surface area contributed by atoms with Crippen molar-refractivity contribution in [3.05, 3.63) is 7.05 Å².